The molecular formula is C21H24FNO3. The first kappa shape index (κ1) is 18.5. The summed E-state index contributed by atoms with van der Waals surface area (Å²) in [5.74, 6) is -1.10. The fourth-order valence-corrected chi connectivity index (χ4v) is 3.59. The topological polar surface area (TPSA) is 49.8 Å². The predicted octanol–water partition coefficient (Wildman–Crippen LogP) is 3.78. The van der Waals surface area contributed by atoms with E-state index in [4.69, 9.17) is 9.84 Å². The molecule has 2 aromatic rings. The number of hydrogen-bond acceptors (Lipinski definition) is 3. The van der Waals surface area contributed by atoms with Crippen molar-refractivity contribution >= 4 is 5.97 Å². The molecule has 0 saturated heterocycles. The molecule has 0 amide bonds. The number of hydrogen-bond donors (Lipinski definition) is 1. The summed E-state index contributed by atoms with van der Waals surface area (Å²) < 4.78 is 19.7. The van der Waals surface area contributed by atoms with Crippen LogP contribution in [0.1, 0.15) is 36.5 Å². The summed E-state index contributed by atoms with van der Waals surface area (Å²) in [4.78, 5) is 13.0. The van der Waals surface area contributed by atoms with Crippen LogP contribution in [0.25, 0.3) is 0 Å². The highest BCUT2D eigenvalue weighted by Gasteiger charge is 2.41. The predicted molar refractivity (Wildman–Crippen MR) is 97.4 cm³/mol. The SMILES string of the molecule is C[C@@H](C(=O)O)N(C)CCCC1(c2ccc(F)cc2)OCc2ccccc21. The highest BCUT2D eigenvalue weighted by molar-refractivity contribution is 5.72. The summed E-state index contributed by atoms with van der Waals surface area (Å²) in [7, 11) is 1.81. The number of rotatable bonds is 7. The number of fused-ring (bicyclic) bond motifs is 1. The maximum Gasteiger partial charge on any atom is 0.320 e. The van der Waals surface area contributed by atoms with Crippen LogP contribution in [0.4, 0.5) is 4.39 Å². The van der Waals surface area contributed by atoms with E-state index in [2.05, 4.69) is 12.1 Å². The van der Waals surface area contributed by atoms with Gasteiger partial charge in [0.15, 0.2) is 0 Å². The molecule has 0 saturated carbocycles. The van der Waals surface area contributed by atoms with Gasteiger partial charge in [0, 0.05) is 0 Å². The average molecular weight is 357 g/mol. The Labute approximate surface area is 153 Å². The lowest BCUT2D eigenvalue weighted by Gasteiger charge is -2.32. The molecule has 1 aliphatic heterocycles. The molecule has 0 spiro atoms. The second kappa shape index (κ2) is 7.56. The summed E-state index contributed by atoms with van der Waals surface area (Å²) in [6, 6.07) is 14.0. The number of ether oxygens (including phenoxy) is 1. The van der Waals surface area contributed by atoms with E-state index >= 15 is 0 Å². The molecule has 0 bridgehead atoms. The number of nitrogens with zero attached hydrogens (tertiary/aromatic N) is 1. The van der Waals surface area contributed by atoms with Crippen molar-refractivity contribution in [1.82, 2.24) is 4.90 Å². The van der Waals surface area contributed by atoms with Gasteiger partial charge in [0.05, 0.1) is 6.61 Å². The van der Waals surface area contributed by atoms with Gasteiger partial charge in [-0.25, -0.2) is 4.39 Å². The summed E-state index contributed by atoms with van der Waals surface area (Å²) in [5, 5.41) is 9.15. The lowest BCUT2D eigenvalue weighted by Crippen LogP contribution is -2.37. The normalized spacial score (nSPS) is 20.2. The van der Waals surface area contributed by atoms with Crippen LogP contribution in [-0.2, 0) is 21.7 Å². The van der Waals surface area contributed by atoms with Crippen LogP contribution >= 0.6 is 0 Å². The number of benzene rings is 2. The smallest absolute Gasteiger partial charge is 0.320 e. The standard InChI is InChI=1S/C21H24FNO3/c1-15(20(24)25)23(2)13-5-12-21(17-8-10-18(22)11-9-17)19-7-4-3-6-16(19)14-26-21/h3-4,6-11,15H,5,12-14H2,1-2H3,(H,24,25)/t15-,21?/m0/s1. The van der Waals surface area contributed by atoms with Gasteiger partial charge < -0.3 is 9.84 Å². The summed E-state index contributed by atoms with van der Waals surface area (Å²) >= 11 is 0. The van der Waals surface area contributed by atoms with E-state index in [9.17, 15) is 9.18 Å². The zero-order valence-corrected chi connectivity index (χ0v) is 15.1. The van der Waals surface area contributed by atoms with Gasteiger partial charge in [0.2, 0.25) is 0 Å². The van der Waals surface area contributed by atoms with E-state index in [-0.39, 0.29) is 5.82 Å². The van der Waals surface area contributed by atoms with Crippen LogP contribution in [0.15, 0.2) is 48.5 Å². The maximum atomic E-state index is 13.4. The number of halogens is 1. The van der Waals surface area contributed by atoms with Gasteiger partial charge in [-0.15, -0.1) is 0 Å². The molecule has 0 aromatic heterocycles. The van der Waals surface area contributed by atoms with Crippen molar-refractivity contribution in [1.29, 1.82) is 0 Å². The fraction of sp³-hybridized carbons (Fsp3) is 0.381. The van der Waals surface area contributed by atoms with Crippen LogP contribution in [0.5, 0.6) is 0 Å². The summed E-state index contributed by atoms with van der Waals surface area (Å²) in [6.07, 6.45) is 1.46. The zero-order valence-electron chi connectivity index (χ0n) is 15.1. The number of aliphatic carboxylic acids is 1. The van der Waals surface area contributed by atoms with Crippen molar-refractivity contribution in [3.63, 3.8) is 0 Å². The Morgan fingerprint density at radius 2 is 1.96 bits per heavy atom. The van der Waals surface area contributed by atoms with Gasteiger partial charge in [0.1, 0.15) is 17.5 Å². The molecule has 1 aliphatic rings. The third-order valence-corrected chi connectivity index (χ3v) is 5.30. The molecule has 1 unspecified atom stereocenters. The Hall–Kier alpha value is -2.24. The van der Waals surface area contributed by atoms with E-state index < -0.39 is 17.6 Å². The van der Waals surface area contributed by atoms with Gasteiger partial charge in [-0.1, -0.05) is 36.4 Å². The Morgan fingerprint density at radius 1 is 1.27 bits per heavy atom. The van der Waals surface area contributed by atoms with E-state index in [1.54, 1.807) is 19.1 Å². The monoisotopic (exact) mass is 357 g/mol. The Kier molecular flexibility index (Phi) is 5.39. The Morgan fingerprint density at radius 3 is 2.65 bits per heavy atom. The molecule has 26 heavy (non-hydrogen) atoms. The lowest BCUT2D eigenvalue weighted by atomic mass is 9.82. The molecule has 4 nitrogen and oxygen atoms in total. The van der Waals surface area contributed by atoms with Crippen LogP contribution in [0, 0.1) is 5.82 Å². The third kappa shape index (κ3) is 3.50. The molecule has 2 atom stereocenters. The van der Waals surface area contributed by atoms with Gasteiger partial charge in [-0.05, 0) is 62.2 Å². The van der Waals surface area contributed by atoms with E-state index in [0.717, 1.165) is 23.1 Å². The first-order chi connectivity index (χ1) is 12.4. The quantitative estimate of drug-likeness (QED) is 0.819. The molecule has 0 aliphatic carbocycles. The molecule has 1 heterocycles. The van der Waals surface area contributed by atoms with Crippen molar-refractivity contribution in [2.75, 3.05) is 13.6 Å². The molecule has 138 valence electrons. The van der Waals surface area contributed by atoms with Crippen molar-refractivity contribution in [3.8, 4) is 0 Å². The molecule has 0 fully saturated rings. The molecule has 0 radical (unpaired) electrons. The third-order valence-electron chi connectivity index (χ3n) is 5.30. The first-order valence-corrected chi connectivity index (χ1v) is 8.85. The van der Waals surface area contributed by atoms with Crippen molar-refractivity contribution in [3.05, 3.63) is 71.0 Å². The van der Waals surface area contributed by atoms with Gasteiger partial charge in [-0.3, -0.25) is 9.69 Å². The average Bonchev–Trinajstić information content (AvgIpc) is 3.01. The summed E-state index contributed by atoms with van der Waals surface area (Å²) in [5.41, 5.74) is 2.57. The number of likely N-dealkylation sites (N-methyl/N-ethyl adjacent to an activating group) is 1. The van der Waals surface area contributed by atoms with Gasteiger partial charge >= 0.3 is 5.97 Å². The zero-order chi connectivity index (χ0) is 18.7. The van der Waals surface area contributed by atoms with Crippen molar-refractivity contribution < 1.29 is 19.0 Å². The van der Waals surface area contributed by atoms with Gasteiger partial charge in [-0.2, -0.15) is 0 Å². The minimum absolute atomic E-state index is 0.273. The van der Waals surface area contributed by atoms with Crippen LogP contribution in [0.2, 0.25) is 0 Å². The highest BCUT2D eigenvalue weighted by Crippen LogP contribution is 2.45. The Balaban J connectivity index is 1.84. The minimum atomic E-state index is -0.830. The van der Waals surface area contributed by atoms with Crippen LogP contribution < -0.4 is 0 Å². The number of carboxylic acid groups (broad SMARTS) is 1. The van der Waals surface area contributed by atoms with E-state index in [1.165, 1.54) is 12.1 Å². The van der Waals surface area contributed by atoms with E-state index in [0.29, 0.717) is 19.6 Å². The maximum absolute atomic E-state index is 13.4. The summed E-state index contributed by atoms with van der Waals surface area (Å²) in [6.45, 7) is 2.84. The molecule has 2 aromatic carbocycles. The second-order valence-electron chi connectivity index (χ2n) is 6.88. The fourth-order valence-electron chi connectivity index (χ4n) is 3.59. The molecule has 1 N–H and O–H groups in total. The molecule has 5 heteroatoms. The largest absolute Gasteiger partial charge is 0.480 e. The second-order valence-corrected chi connectivity index (χ2v) is 6.88. The minimum Gasteiger partial charge on any atom is -0.480 e. The highest BCUT2D eigenvalue weighted by atomic mass is 19.1. The van der Waals surface area contributed by atoms with E-state index in [1.807, 2.05) is 24.1 Å². The molecule has 3 rings (SSSR count). The molecular weight excluding hydrogens is 333 g/mol. The van der Waals surface area contributed by atoms with Crippen molar-refractivity contribution in [2.45, 2.75) is 38.0 Å². The lowest BCUT2D eigenvalue weighted by molar-refractivity contribution is -0.142. The van der Waals surface area contributed by atoms with Crippen LogP contribution in [-0.4, -0.2) is 35.6 Å². The van der Waals surface area contributed by atoms with Crippen molar-refractivity contribution in [2.24, 2.45) is 0 Å². The Bertz CT molecular complexity index is 777. The van der Waals surface area contributed by atoms with Gasteiger partial charge in [0.25, 0.3) is 0 Å². The first-order valence-electron chi connectivity index (χ1n) is 8.85. The number of carboxylic acids is 1. The van der Waals surface area contributed by atoms with Crippen LogP contribution in [0.3, 0.4) is 0 Å². The number of carbonyl (C=O) groups is 1.